The number of alkyl halides is 2. The fourth-order valence-corrected chi connectivity index (χ4v) is 3.31. The number of halogens is 2. The van der Waals surface area contributed by atoms with Crippen LogP contribution in [0.3, 0.4) is 0 Å². The fraction of sp³-hybridized carbons (Fsp3) is 0.381. The first-order chi connectivity index (χ1) is 15.0. The summed E-state index contributed by atoms with van der Waals surface area (Å²) in [6.45, 7) is 0.927. The predicted molar refractivity (Wildman–Crippen MR) is 116 cm³/mol. The predicted octanol–water partition coefficient (Wildman–Crippen LogP) is 2.46. The monoisotopic (exact) mass is 432 g/mol. The Balaban J connectivity index is 1.57. The lowest BCUT2D eigenvalue weighted by Crippen LogP contribution is -2.45. The molecule has 0 spiro atoms. The van der Waals surface area contributed by atoms with E-state index < -0.39 is 6.61 Å². The van der Waals surface area contributed by atoms with Gasteiger partial charge in [-0.3, -0.25) is 9.78 Å². The van der Waals surface area contributed by atoms with Crippen molar-refractivity contribution in [2.75, 3.05) is 36.4 Å². The third-order valence-corrected chi connectivity index (χ3v) is 4.62. The van der Waals surface area contributed by atoms with Gasteiger partial charge in [-0.25, -0.2) is 4.99 Å². The Morgan fingerprint density at radius 3 is 2.90 bits per heavy atom. The molecule has 0 bridgehead atoms. The van der Waals surface area contributed by atoms with Gasteiger partial charge in [0.25, 0.3) is 0 Å². The summed E-state index contributed by atoms with van der Waals surface area (Å²) in [5.74, 6) is 0.426. The van der Waals surface area contributed by atoms with Gasteiger partial charge in [0.1, 0.15) is 12.3 Å². The van der Waals surface area contributed by atoms with Crippen LogP contribution in [0.1, 0.15) is 13.3 Å². The van der Waals surface area contributed by atoms with Crippen molar-refractivity contribution >= 4 is 23.2 Å². The first-order valence-electron chi connectivity index (χ1n) is 10.1. The number of hydrogen-bond acceptors (Lipinski definition) is 5. The summed E-state index contributed by atoms with van der Waals surface area (Å²) >= 11 is 0. The van der Waals surface area contributed by atoms with Gasteiger partial charge in [-0.2, -0.15) is 8.78 Å². The molecule has 3 N–H and O–H groups in total. The molecule has 1 aromatic heterocycles. The minimum Gasteiger partial charge on any atom is -0.433 e. The van der Waals surface area contributed by atoms with Gasteiger partial charge in [-0.1, -0.05) is 12.1 Å². The number of anilines is 2. The summed E-state index contributed by atoms with van der Waals surface area (Å²) < 4.78 is 30.0. The second-order valence-electron chi connectivity index (χ2n) is 6.91. The molecule has 1 aliphatic rings. The first-order valence-corrected chi connectivity index (χ1v) is 10.1. The Bertz CT molecular complexity index is 881. The molecule has 8 nitrogen and oxygen atoms in total. The molecule has 3 rings (SSSR count). The molecule has 0 aliphatic carbocycles. The van der Waals surface area contributed by atoms with E-state index in [-0.39, 0.29) is 24.2 Å². The Hall–Kier alpha value is -3.43. The SMILES string of the molecule is CCNC(=NCC(=O)Nc1cccnc1)NC1CCN(c2ccccc2OC(F)F)C1. The van der Waals surface area contributed by atoms with Gasteiger partial charge in [0.15, 0.2) is 5.96 Å². The molecule has 1 aromatic carbocycles. The summed E-state index contributed by atoms with van der Waals surface area (Å²) in [4.78, 5) is 22.4. The van der Waals surface area contributed by atoms with Crippen molar-refractivity contribution < 1.29 is 18.3 Å². The van der Waals surface area contributed by atoms with E-state index in [2.05, 4.69) is 30.7 Å². The lowest BCUT2D eigenvalue weighted by Gasteiger charge is -2.22. The normalized spacial score (nSPS) is 16.3. The van der Waals surface area contributed by atoms with Gasteiger partial charge in [0.05, 0.1) is 17.6 Å². The number of nitrogens with zero attached hydrogens (tertiary/aromatic N) is 3. The van der Waals surface area contributed by atoms with Crippen LogP contribution in [-0.2, 0) is 4.79 Å². The highest BCUT2D eigenvalue weighted by molar-refractivity contribution is 5.94. The van der Waals surface area contributed by atoms with Crippen LogP contribution in [0.15, 0.2) is 53.8 Å². The van der Waals surface area contributed by atoms with Crippen molar-refractivity contribution in [3.05, 3.63) is 48.8 Å². The number of hydrogen-bond donors (Lipinski definition) is 3. The second kappa shape index (κ2) is 11.1. The van der Waals surface area contributed by atoms with E-state index in [9.17, 15) is 13.6 Å². The largest absolute Gasteiger partial charge is 0.433 e. The molecule has 31 heavy (non-hydrogen) atoms. The third kappa shape index (κ3) is 6.80. The van der Waals surface area contributed by atoms with Gasteiger partial charge < -0.3 is 25.6 Å². The second-order valence-corrected chi connectivity index (χ2v) is 6.91. The maximum atomic E-state index is 12.7. The Labute approximate surface area is 179 Å². The summed E-state index contributed by atoms with van der Waals surface area (Å²) in [7, 11) is 0. The van der Waals surface area contributed by atoms with E-state index in [1.807, 2.05) is 11.8 Å². The molecular weight excluding hydrogens is 406 g/mol. The van der Waals surface area contributed by atoms with Crippen molar-refractivity contribution in [1.82, 2.24) is 15.6 Å². The van der Waals surface area contributed by atoms with Crippen LogP contribution in [0.2, 0.25) is 0 Å². The molecule has 1 aliphatic heterocycles. The average Bonchev–Trinajstić information content (AvgIpc) is 3.21. The Kier molecular flexibility index (Phi) is 7.97. The van der Waals surface area contributed by atoms with Crippen molar-refractivity contribution in [3.63, 3.8) is 0 Å². The number of nitrogens with one attached hydrogen (secondary N) is 3. The number of rotatable bonds is 8. The van der Waals surface area contributed by atoms with Gasteiger partial charge >= 0.3 is 6.61 Å². The van der Waals surface area contributed by atoms with E-state index in [1.165, 1.54) is 6.07 Å². The highest BCUT2D eigenvalue weighted by Crippen LogP contribution is 2.31. The average molecular weight is 432 g/mol. The topological polar surface area (TPSA) is 90.9 Å². The zero-order valence-electron chi connectivity index (χ0n) is 17.2. The first kappa shape index (κ1) is 22.3. The van der Waals surface area contributed by atoms with Crippen LogP contribution in [0.4, 0.5) is 20.2 Å². The lowest BCUT2D eigenvalue weighted by molar-refractivity contribution is -0.114. The molecule has 10 heteroatoms. The number of para-hydroxylation sites is 2. The summed E-state index contributed by atoms with van der Waals surface area (Å²) in [5, 5.41) is 9.17. The van der Waals surface area contributed by atoms with Crippen molar-refractivity contribution in [2.24, 2.45) is 4.99 Å². The van der Waals surface area contributed by atoms with Gasteiger partial charge in [0.2, 0.25) is 5.91 Å². The number of ether oxygens (including phenoxy) is 1. The van der Waals surface area contributed by atoms with Gasteiger partial charge in [-0.15, -0.1) is 0 Å². The molecule has 166 valence electrons. The summed E-state index contributed by atoms with van der Waals surface area (Å²) in [6, 6.07) is 10.3. The quantitative estimate of drug-likeness (QED) is 0.439. The number of carbonyl (C=O) groups excluding carboxylic acids is 1. The van der Waals surface area contributed by atoms with E-state index in [1.54, 1.807) is 42.7 Å². The smallest absolute Gasteiger partial charge is 0.387 e. The molecule has 1 saturated heterocycles. The number of aliphatic imine (C=N–C) groups is 1. The molecule has 2 aromatic rings. The molecule has 0 saturated carbocycles. The summed E-state index contributed by atoms with van der Waals surface area (Å²) in [6.07, 6.45) is 3.98. The van der Waals surface area contributed by atoms with Crippen LogP contribution in [0, 0.1) is 0 Å². The van der Waals surface area contributed by atoms with Crippen LogP contribution in [0.25, 0.3) is 0 Å². The van der Waals surface area contributed by atoms with E-state index in [0.717, 1.165) is 6.42 Å². The summed E-state index contributed by atoms with van der Waals surface area (Å²) in [5.41, 5.74) is 1.24. The highest BCUT2D eigenvalue weighted by atomic mass is 19.3. The van der Waals surface area contributed by atoms with Crippen LogP contribution >= 0.6 is 0 Å². The molecule has 1 atom stereocenters. The number of benzene rings is 1. The molecule has 1 amide bonds. The minimum atomic E-state index is -2.87. The number of amides is 1. The third-order valence-electron chi connectivity index (χ3n) is 4.62. The van der Waals surface area contributed by atoms with E-state index >= 15 is 0 Å². The number of aromatic nitrogens is 1. The van der Waals surface area contributed by atoms with Crippen molar-refractivity contribution in [1.29, 1.82) is 0 Å². The number of carbonyl (C=O) groups is 1. The Morgan fingerprint density at radius 2 is 2.16 bits per heavy atom. The maximum absolute atomic E-state index is 12.7. The zero-order valence-corrected chi connectivity index (χ0v) is 17.2. The minimum absolute atomic E-state index is 0.0405. The van der Waals surface area contributed by atoms with Crippen LogP contribution in [0.5, 0.6) is 5.75 Å². The molecular formula is C21H26F2N6O2. The maximum Gasteiger partial charge on any atom is 0.387 e. The zero-order chi connectivity index (χ0) is 22.1. The molecule has 0 radical (unpaired) electrons. The lowest BCUT2D eigenvalue weighted by atomic mass is 10.2. The Morgan fingerprint density at radius 1 is 1.32 bits per heavy atom. The fourth-order valence-electron chi connectivity index (χ4n) is 3.31. The van der Waals surface area contributed by atoms with Gasteiger partial charge in [0, 0.05) is 31.9 Å². The van der Waals surface area contributed by atoms with Crippen molar-refractivity contribution in [3.8, 4) is 5.75 Å². The molecule has 1 unspecified atom stereocenters. The van der Waals surface area contributed by atoms with Crippen LogP contribution in [-0.4, -0.2) is 55.7 Å². The van der Waals surface area contributed by atoms with Crippen molar-refractivity contribution in [2.45, 2.75) is 26.0 Å². The van der Waals surface area contributed by atoms with Gasteiger partial charge in [-0.05, 0) is 37.6 Å². The number of guanidine groups is 1. The molecule has 1 fully saturated rings. The number of pyridine rings is 1. The van der Waals surface area contributed by atoms with Crippen LogP contribution < -0.4 is 25.6 Å². The van der Waals surface area contributed by atoms with E-state index in [0.29, 0.717) is 37.0 Å². The standard InChI is InChI=1S/C21H26F2N6O2/c1-2-25-21(26-13-19(30)27-15-6-5-10-24-12-15)28-16-9-11-29(14-16)17-7-3-4-8-18(17)31-20(22)23/h3-8,10,12,16,20H,2,9,11,13-14H2,1H3,(H,27,30)(H2,25,26,28). The highest BCUT2D eigenvalue weighted by Gasteiger charge is 2.26. The van der Waals surface area contributed by atoms with E-state index in [4.69, 9.17) is 0 Å². The molecule has 2 heterocycles.